The largest absolute Gasteiger partial charge is 0.336 e. The van der Waals surface area contributed by atoms with Gasteiger partial charge in [-0.3, -0.25) is 4.79 Å². The summed E-state index contributed by atoms with van der Waals surface area (Å²) in [6, 6.07) is 1.78. The Kier molecular flexibility index (Phi) is 5.88. The van der Waals surface area contributed by atoms with Gasteiger partial charge in [-0.05, 0) is 13.0 Å². The molecule has 1 saturated heterocycles. The molecule has 0 aliphatic carbocycles. The normalized spacial score (nSPS) is 14.5. The van der Waals surface area contributed by atoms with Crippen molar-refractivity contribution >= 4 is 5.91 Å². The Morgan fingerprint density at radius 3 is 2.24 bits per heavy atom. The first-order valence-corrected chi connectivity index (χ1v) is 5.57. The Balaban J connectivity index is 0.000000202. The van der Waals surface area contributed by atoms with Crippen molar-refractivity contribution in [3.05, 3.63) is 36.9 Å². The number of rotatable bonds is 1. The molecule has 1 aliphatic heterocycles. The summed E-state index contributed by atoms with van der Waals surface area (Å²) in [5.74, 6) is 0.0894. The minimum atomic E-state index is 0.0894. The van der Waals surface area contributed by atoms with Crippen molar-refractivity contribution in [3.63, 3.8) is 0 Å². The zero-order valence-electron chi connectivity index (χ0n) is 10.1. The lowest BCUT2D eigenvalue weighted by atomic mass is 10.2. The first kappa shape index (κ1) is 13.3. The Labute approximate surface area is 102 Å². The molecule has 0 unspecified atom stereocenters. The molecule has 2 heterocycles. The highest BCUT2D eigenvalue weighted by atomic mass is 16.2. The third kappa shape index (κ3) is 5.21. The minimum absolute atomic E-state index is 0.0894. The molecular formula is C12H18N4O. The van der Waals surface area contributed by atoms with Gasteiger partial charge in [0, 0.05) is 44.1 Å². The molecule has 0 bridgehead atoms. The van der Waals surface area contributed by atoms with E-state index >= 15 is 0 Å². The summed E-state index contributed by atoms with van der Waals surface area (Å²) in [5.41, 5.74) is 0.631. The molecular weight excluding hydrogens is 216 g/mol. The fourth-order valence-electron chi connectivity index (χ4n) is 1.39. The average Bonchev–Trinajstić information content (AvgIpc) is 2.41. The van der Waals surface area contributed by atoms with Crippen molar-refractivity contribution in [1.29, 1.82) is 0 Å². The Bertz CT molecular complexity index is 320. The fraction of sp³-hybridized carbons (Fsp3) is 0.417. The number of nitrogens with one attached hydrogen (secondary N) is 1. The van der Waals surface area contributed by atoms with Crippen molar-refractivity contribution in [2.24, 2.45) is 0 Å². The quantitative estimate of drug-likeness (QED) is 0.718. The van der Waals surface area contributed by atoms with Crippen LogP contribution in [0.5, 0.6) is 0 Å². The van der Waals surface area contributed by atoms with Gasteiger partial charge >= 0.3 is 0 Å². The highest BCUT2D eigenvalue weighted by molar-refractivity contribution is 5.92. The van der Waals surface area contributed by atoms with Gasteiger partial charge in [0.15, 0.2) is 0 Å². The molecule has 0 spiro atoms. The van der Waals surface area contributed by atoms with Crippen LogP contribution in [-0.4, -0.2) is 47.0 Å². The van der Waals surface area contributed by atoms with Crippen LogP contribution in [0, 0.1) is 0 Å². The number of aromatic nitrogens is 2. The van der Waals surface area contributed by atoms with Crippen molar-refractivity contribution < 1.29 is 4.79 Å². The van der Waals surface area contributed by atoms with Crippen molar-refractivity contribution in [1.82, 2.24) is 20.2 Å². The lowest BCUT2D eigenvalue weighted by Crippen LogP contribution is -2.46. The summed E-state index contributed by atoms with van der Waals surface area (Å²) < 4.78 is 0. The first-order chi connectivity index (χ1) is 8.22. The van der Waals surface area contributed by atoms with Crippen LogP contribution in [0.4, 0.5) is 0 Å². The van der Waals surface area contributed by atoms with Gasteiger partial charge < -0.3 is 10.2 Å². The lowest BCUT2D eigenvalue weighted by Gasteiger charge is -2.27. The van der Waals surface area contributed by atoms with Crippen LogP contribution in [0.3, 0.4) is 0 Å². The highest BCUT2D eigenvalue weighted by Crippen LogP contribution is 1.99. The van der Waals surface area contributed by atoms with Crippen LogP contribution < -0.4 is 5.32 Å². The number of piperazine rings is 1. The topological polar surface area (TPSA) is 58.1 Å². The van der Waals surface area contributed by atoms with Crippen molar-refractivity contribution in [3.8, 4) is 0 Å². The molecule has 0 atom stereocenters. The molecule has 0 saturated carbocycles. The van der Waals surface area contributed by atoms with Crippen LogP contribution in [0.2, 0.25) is 0 Å². The van der Waals surface area contributed by atoms with Crippen LogP contribution >= 0.6 is 0 Å². The third-order valence-corrected chi connectivity index (χ3v) is 2.25. The van der Waals surface area contributed by atoms with Gasteiger partial charge in [-0.25, -0.2) is 9.97 Å². The van der Waals surface area contributed by atoms with E-state index in [1.54, 1.807) is 25.4 Å². The lowest BCUT2D eigenvalue weighted by molar-refractivity contribution is -0.127. The predicted molar refractivity (Wildman–Crippen MR) is 66.3 cm³/mol. The van der Waals surface area contributed by atoms with Gasteiger partial charge in [-0.15, -0.1) is 0 Å². The monoisotopic (exact) mass is 234 g/mol. The maximum Gasteiger partial charge on any atom is 0.248 e. The standard InChI is InChI=1S/C8H14N2O.C4H4N2/c1-7(2)8(11)10-5-3-9-4-6-10;1-2-5-4-6-3-1/h9H,1,3-6H2,2H3;1-4H. The molecule has 0 aromatic carbocycles. The zero-order valence-corrected chi connectivity index (χ0v) is 10.1. The van der Waals surface area contributed by atoms with E-state index < -0.39 is 0 Å². The Hall–Kier alpha value is -1.75. The number of hydrogen-bond acceptors (Lipinski definition) is 4. The summed E-state index contributed by atoms with van der Waals surface area (Å²) in [4.78, 5) is 20.5. The molecule has 1 N–H and O–H groups in total. The van der Waals surface area contributed by atoms with Crippen molar-refractivity contribution in [2.75, 3.05) is 26.2 Å². The summed E-state index contributed by atoms with van der Waals surface area (Å²) in [6.07, 6.45) is 4.88. The maximum absolute atomic E-state index is 11.3. The molecule has 1 fully saturated rings. The average molecular weight is 234 g/mol. The van der Waals surface area contributed by atoms with Crippen LogP contribution in [0.1, 0.15) is 6.92 Å². The Morgan fingerprint density at radius 2 is 1.88 bits per heavy atom. The zero-order chi connectivity index (χ0) is 12.5. The summed E-state index contributed by atoms with van der Waals surface area (Å²) >= 11 is 0. The molecule has 1 aromatic rings. The summed E-state index contributed by atoms with van der Waals surface area (Å²) in [7, 11) is 0. The van der Waals surface area contributed by atoms with Crippen LogP contribution in [0.25, 0.3) is 0 Å². The minimum Gasteiger partial charge on any atom is -0.336 e. The van der Waals surface area contributed by atoms with E-state index in [2.05, 4.69) is 21.9 Å². The van der Waals surface area contributed by atoms with Gasteiger partial charge in [0.05, 0.1) is 0 Å². The third-order valence-electron chi connectivity index (χ3n) is 2.25. The van der Waals surface area contributed by atoms with Gasteiger partial charge in [0.2, 0.25) is 5.91 Å². The van der Waals surface area contributed by atoms with Crippen LogP contribution in [-0.2, 0) is 4.79 Å². The van der Waals surface area contributed by atoms with Gasteiger partial charge in [0.25, 0.3) is 0 Å². The molecule has 5 nitrogen and oxygen atoms in total. The number of amides is 1. The van der Waals surface area contributed by atoms with E-state index in [-0.39, 0.29) is 5.91 Å². The maximum atomic E-state index is 11.3. The van der Waals surface area contributed by atoms with Gasteiger partial charge in [0.1, 0.15) is 6.33 Å². The second kappa shape index (κ2) is 7.51. The molecule has 1 amide bonds. The molecule has 0 radical (unpaired) electrons. The number of nitrogens with zero attached hydrogens (tertiary/aromatic N) is 3. The fourth-order valence-corrected chi connectivity index (χ4v) is 1.39. The second-order valence-electron chi connectivity index (χ2n) is 3.73. The van der Waals surface area contributed by atoms with E-state index in [1.807, 2.05) is 4.90 Å². The molecule has 17 heavy (non-hydrogen) atoms. The van der Waals surface area contributed by atoms with E-state index in [0.717, 1.165) is 26.2 Å². The Morgan fingerprint density at radius 1 is 1.29 bits per heavy atom. The smallest absolute Gasteiger partial charge is 0.248 e. The predicted octanol–water partition coefficient (Wildman–Crippen LogP) is 0.471. The number of carbonyl (C=O) groups is 1. The molecule has 1 aromatic heterocycles. The number of hydrogen-bond donors (Lipinski definition) is 1. The van der Waals surface area contributed by atoms with E-state index in [4.69, 9.17) is 0 Å². The van der Waals surface area contributed by atoms with Crippen LogP contribution in [0.15, 0.2) is 36.9 Å². The van der Waals surface area contributed by atoms with Gasteiger partial charge in [-0.2, -0.15) is 0 Å². The highest BCUT2D eigenvalue weighted by Gasteiger charge is 2.15. The SMILES string of the molecule is C=C(C)C(=O)N1CCNCC1.c1cncnc1. The molecule has 1 aliphatic rings. The molecule has 5 heteroatoms. The second-order valence-corrected chi connectivity index (χ2v) is 3.73. The summed E-state index contributed by atoms with van der Waals surface area (Å²) in [6.45, 7) is 8.80. The number of carbonyl (C=O) groups excluding carboxylic acids is 1. The molecule has 92 valence electrons. The van der Waals surface area contributed by atoms with E-state index in [1.165, 1.54) is 6.33 Å². The molecule has 2 rings (SSSR count). The van der Waals surface area contributed by atoms with Gasteiger partial charge in [-0.1, -0.05) is 6.58 Å². The van der Waals surface area contributed by atoms with Crippen molar-refractivity contribution in [2.45, 2.75) is 6.92 Å². The first-order valence-electron chi connectivity index (χ1n) is 5.57. The summed E-state index contributed by atoms with van der Waals surface area (Å²) in [5, 5.41) is 3.18. The van der Waals surface area contributed by atoms with E-state index in [9.17, 15) is 4.79 Å². The van der Waals surface area contributed by atoms with E-state index in [0.29, 0.717) is 5.57 Å².